The van der Waals surface area contributed by atoms with Crippen LogP contribution in [0.15, 0.2) is 59.6 Å². The van der Waals surface area contributed by atoms with Crippen molar-refractivity contribution in [2.75, 3.05) is 31.3 Å². The van der Waals surface area contributed by atoms with E-state index in [9.17, 15) is 9.59 Å². The maximum absolute atomic E-state index is 13.0. The van der Waals surface area contributed by atoms with Crippen LogP contribution in [0.4, 0.5) is 5.69 Å². The molecule has 1 saturated heterocycles. The molecule has 4 rings (SSSR count). The lowest BCUT2D eigenvalue weighted by Crippen LogP contribution is -2.49. The Labute approximate surface area is 198 Å². The smallest absolute Gasteiger partial charge is 0.242 e. The van der Waals surface area contributed by atoms with Crippen molar-refractivity contribution in [3.05, 3.63) is 54.7 Å². The molecule has 1 aliphatic heterocycles. The fourth-order valence-electron chi connectivity index (χ4n) is 4.16. The molecular formula is C25H29N3O4S. The van der Waals surface area contributed by atoms with Crippen LogP contribution >= 0.6 is 11.8 Å². The van der Waals surface area contributed by atoms with Crippen LogP contribution in [0.3, 0.4) is 0 Å². The zero-order valence-corrected chi connectivity index (χ0v) is 19.9. The zero-order chi connectivity index (χ0) is 23.4. The van der Waals surface area contributed by atoms with Gasteiger partial charge in [-0.3, -0.25) is 9.59 Å². The number of hydrogen-bond acceptors (Lipinski definition) is 5. The van der Waals surface area contributed by atoms with Gasteiger partial charge in [-0.2, -0.15) is 0 Å². The van der Waals surface area contributed by atoms with E-state index in [1.54, 1.807) is 7.11 Å². The van der Waals surface area contributed by atoms with Gasteiger partial charge in [0.25, 0.3) is 0 Å². The Morgan fingerprint density at radius 2 is 1.79 bits per heavy atom. The van der Waals surface area contributed by atoms with Gasteiger partial charge in [0.1, 0.15) is 12.3 Å². The second-order valence-corrected chi connectivity index (χ2v) is 9.25. The average Bonchev–Trinajstić information content (AvgIpc) is 3.15. The minimum Gasteiger partial charge on any atom is -0.495 e. The van der Waals surface area contributed by atoms with Crippen LogP contribution in [0, 0.1) is 0 Å². The Hall–Kier alpha value is -2.97. The number of nitrogens with zero attached hydrogens (tertiary/aromatic N) is 2. The summed E-state index contributed by atoms with van der Waals surface area (Å²) >= 11 is 1.46. The molecular weight excluding hydrogens is 438 g/mol. The molecule has 8 heteroatoms. The van der Waals surface area contributed by atoms with Crippen molar-refractivity contribution in [3.8, 4) is 5.75 Å². The maximum Gasteiger partial charge on any atom is 0.242 e. The van der Waals surface area contributed by atoms with Crippen molar-refractivity contribution in [1.82, 2.24) is 9.47 Å². The van der Waals surface area contributed by atoms with Crippen molar-refractivity contribution in [2.24, 2.45) is 0 Å². The molecule has 0 unspecified atom stereocenters. The van der Waals surface area contributed by atoms with Crippen LogP contribution in [0.5, 0.6) is 5.75 Å². The highest BCUT2D eigenvalue weighted by molar-refractivity contribution is 8.00. The number of methoxy groups -OCH3 is 1. The van der Waals surface area contributed by atoms with Crippen molar-refractivity contribution in [3.63, 3.8) is 0 Å². The molecule has 3 aromatic rings. The van der Waals surface area contributed by atoms with Gasteiger partial charge in [-0.25, -0.2) is 0 Å². The van der Waals surface area contributed by atoms with E-state index in [0.29, 0.717) is 24.5 Å². The first-order valence-corrected chi connectivity index (χ1v) is 12.0. The van der Waals surface area contributed by atoms with E-state index in [0.717, 1.165) is 15.8 Å². The summed E-state index contributed by atoms with van der Waals surface area (Å²) in [6, 6.07) is 15.3. The Kier molecular flexibility index (Phi) is 7.25. The van der Waals surface area contributed by atoms with Gasteiger partial charge in [0.15, 0.2) is 0 Å². The molecule has 2 aromatic carbocycles. The molecule has 0 saturated carbocycles. The number of amides is 2. The van der Waals surface area contributed by atoms with Crippen LogP contribution in [0.1, 0.15) is 13.8 Å². The second kappa shape index (κ2) is 10.3. The largest absolute Gasteiger partial charge is 0.495 e. The number of fused-ring (bicyclic) bond motifs is 1. The molecule has 0 spiro atoms. The molecule has 174 valence electrons. The van der Waals surface area contributed by atoms with E-state index >= 15 is 0 Å². The lowest BCUT2D eigenvalue weighted by atomic mass is 10.2. The number of ether oxygens (including phenoxy) is 2. The van der Waals surface area contributed by atoms with Gasteiger partial charge in [-0.05, 0) is 32.0 Å². The summed E-state index contributed by atoms with van der Waals surface area (Å²) < 4.78 is 13.0. The summed E-state index contributed by atoms with van der Waals surface area (Å²) in [5, 5.41) is 3.94. The maximum atomic E-state index is 13.0. The molecule has 0 radical (unpaired) electrons. The second-order valence-electron chi connectivity index (χ2n) is 8.23. The summed E-state index contributed by atoms with van der Waals surface area (Å²) in [7, 11) is 1.58. The zero-order valence-electron chi connectivity index (χ0n) is 19.1. The van der Waals surface area contributed by atoms with E-state index in [1.807, 2.05) is 78.0 Å². The predicted octanol–water partition coefficient (Wildman–Crippen LogP) is 4.02. The number of para-hydroxylation sites is 3. The van der Waals surface area contributed by atoms with Crippen molar-refractivity contribution in [1.29, 1.82) is 0 Å². The Morgan fingerprint density at radius 1 is 1.09 bits per heavy atom. The van der Waals surface area contributed by atoms with E-state index in [4.69, 9.17) is 9.47 Å². The average molecular weight is 468 g/mol. The summed E-state index contributed by atoms with van der Waals surface area (Å²) in [6.45, 7) is 5.45. The van der Waals surface area contributed by atoms with Gasteiger partial charge in [0, 0.05) is 35.1 Å². The topological polar surface area (TPSA) is 72.8 Å². The Balaban J connectivity index is 1.45. The van der Waals surface area contributed by atoms with Crippen LogP contribution < -0.4 is 10.1 Å². The van der Waals surface area contributed by atoms with Crippen molar-refractivity contribution < 1.29 is 19.1 Å². The fraction of sp³-hybridized carbons (Fsp3) is 0.360. The number of anilines is 1. The normalized spacial score (nSPS) is 18.3. The van der Waals surface area contributed by atoms with Gasteiger partial charge in [0.05, 0.1) is 30.8 Å². The third-order valence-electron chi connectivity index (χ3n) is 5.57. The molecule has 0 bridgehead atoms. The summed E-state index contributed by atoms with van der Waals surface area (Å²) in [5.41, 5.74) is 1.63. The third-order valence-corrected chi connectivity index (χ3v) is 6.61. The van der Waals surface area contributed by atoms with Crippen molar-refractivity contribution >= 4 is 40.2 Å². The minimum atomic E-state index is -0.117. The first-order valence-electron chi connectivity index (χ1n) is 11.0. The predicted molar refractivity (Wildman–Crippen MR) is 131 cm³/mol. The van der Waals surface area contributed by atoms with E-state index in [-0.39, 0.29) is 36.3 Å². The van der Waals surface area contributed by atoms with Crippen LogP contribution in [0.2, 0.25) is 0 Å². The van der Waals surface area contributed by atoms with E-state index < -0.39 is 0 Å². The van der Waals surface area contributed by atoms with Gasteiger partial charge < -0.3 is 24.3 Å². The van der Waals surface area contributed by atoms with Crippen LogP contribution in [-0.2, 0) is 20.9 Å². The molecule has 7 nitrogen and oxygen atoms in total. The monoisotopic (exact) mass is 467 g/mol. The fourth-order valence-corrected chi connectivity index (χ4v) is 5.05. The standard InChI is InChI=1S/C25H29N3O4S/c1-17-12-28(13-18(2)32-17)25(30)15-27-14-23(19-8-4-6-10-21(19)27)33-16-24(29)26-20-9-5-7-11-22(20)31-3/h4-11,14,17-18H,12-13,15-16H2,1-3H3,(H,26,29)/t17-,18+. The highest BCUT2D eigenvalue weighted by Gasteiger charge is 2.26. The molecule has 1 aromatic heterocycles. The number of benzene rings is 2. The molecule has 1 fully saturated rings. The minimum absolute atomic E-state index is 0.0342. The Morgan fingerprint density at radius 3 is 2.55 bits per heavy atom. The van der Waals surface area contributed by atoms with Gasteiger partial charge in [-0.1, -0.05) is 30.3 Å². The molecule has 0 aliphatic carbocycles. The highest BCUT2D eigenvalue weighted by Crippen LogP contribution is 2.31. The van der Waals surface area contributed by atoms with Gasteiger partial charge in [-0.15, -0.1) is 11.8 Å². The molecule has 33 heavy (non-hydrogen) atoms. The van der Waals surface area contributed by atoms with Crippen LogP contribution in [-0.4, -0.2) is 59.4 Å². The first-order chi connectivity index (χ1) is 15.9. The molecule has 1 N–H and O–H groups in total. The third kappa shape index (κ3) is 5.51. The number of aromatic nitrogens is 1. The molecule has 2 heterocycles. The highest BCUT2D eigenvalue weighted by atomic mass is 32.2. The summed E-state index contributed by atoms with van der Waals surface area (Å²) in [4.78, 5) is 28.4. The molecule has 2 amide bonds. The summed E-state index contributed by atoms with van der Waals surface area (Å²) in [6.07, 6.45) is 2.04. The molecule has 2 atom stereocenters. The van der Waals surface area contributed by atoms with E-state index in [1.165, 1.54) is 11.8 Å². The number of rotatable bonds is 7. The number of thioether (sulfide) groups is 1. The van der Waals surface area contributed by atoms with Gasteiger partial charge in [0.2, 0.25) is 11.8 Å². The van der Waals surface area contributed by atoms with Gasteiger partial charge >= 0.3 is 0 Å². The lowest BCUT2D eigenvalue weighted by molar-refractivity contribution is -0.143. The van der Waals surface area contributed by atoms with Crippen molar-refractivity contribution in [2.45, 2.75) is 37.5 Å². The molecule has 1 aliphatic rings. The Bertz CT molecular complexity index is 1140. The number of carbonyl (C=O) groups excluding carboxylic acids is 2. The quantitative estimate of drug-likeness (QED) is 0.532. The number of nitrogens with one attached hydrogen (secondary N) is 1. The van der Waals surface area contributed by atoms with Crippen LogP contribution in [0.25, 0.3) is 10.9 Å². The SMILES string of the molecule is COc1ccccc1NC(=O)CSc1cn(CC(=O)N2C[C@@H](C)O[C@@H](C)C2)c2ccccc12. The number of hydrogen-bond donors (Lipinski definition) is 1. The number of morpholine rings is 1. The first kappa shape index (κ1) is 23.2. The number of carbonyl (C=O) groups is 2. The summed E-state index contributed by atoms with van der Waals surface area (Å²) in [5.74, 6) is 0.827. The van der Waals surface area contributed by atoms with E-state index in [2.05, 4.69) is 5.32 Å². The lowest BCUT2D eigenvalue weighted by Gasteiger charge is -2.35.